The van der Waals surface area contributed by atoms with Gasteiger partial charge in [0.15, 0.2) is 5.11 Å². The van der Waals surface area contributed by atoms with Crippen LogP contribution in [0.1, 0.15) is 20.7 Å². The lowest BCUT2D eigenvalue weighted by Crippen LogP contribution is -2.34. The van der Waals surface area contributed by atoms with Crippen LogP contribution in [0.2, 0.25) is 5.02 Å². The highest BCUT2D eigenvalue weighted by Gasteiger charge is 2.17. The number of anilines is 1. The number of amides is 2. The Bertz CT molecular complexity index is 888. The predicted molar refractivity (Wildman–Crippen MR) is 96.8 cm³/mol. The summed E-state index contributed by atoms with van der Waals surface area (Å²) in [5.74, 6) is -1.40. The molecule has 0 aliphatic rings. The fourth-order valence-electron chi connectivity index (χ4n) is 1.93. The third-order valence-corrected chi connectivity index (χ3v) is 3.61. The molecule has 2 rings (SSSR count). The minimum atomic E-state index is -0.734. The molecule has 2 aromatic carbocycles. The van der Waals surface area contributed by atoms with Crippen molar-refractivity contribution in [3.8, 4) is 0 Å². The van der Waals surface area contributed by atoms with E-state index in [4.69, 9.17) is 29.6 Å². The first-order chi connectivity index (χ1) is 11.8. The van der Waals surface area contributed by atoms with E-state index >= 15 is 0 Å². The van der Waals surface area contributed by atoms with E-state index in [9.17, 15) is 19.7 Å². The van der Waals surface area contributed by atoms with Gasteiger partial charge < -0.3 is 11.1 Å². The van der Waals surface area contributed by atoms with Gasteiger partial charge in [-0.1, -0.05) is 23.7 Å². The molecule has 2 amide bonds. The van der Waals surface area contributed by atoms with Gasteiger partial charge in [-0.15, -0.1) is 0 Å². The number of nitro groups is 1. The third-order valence-electron chi connectivity index (χ3n) is 3.07. The number of nitrogens with one attached hydrogen (secondary N) is 2. The van der Waals surface area contributed by atoms with Crippen LogP contribution in [0.4, 0.5) is 11.4 Å². The molecule has 0 heterocycles. The molecule has 0 aromatic heterocycles. The number of hydrogen-bond acceptors (Lipinski definition) is 5. The summed E-state index contributed by atoms with van der Waals surface area (Å²) in [6, 6.07) is 9.78. The highest BCUT2D eigenvalue weighted by molar-refractivity contribution is 7.80. The number of carbonyl (C=O) groups is 2. The quantitative estimate of drug-likeness (QED) is 0.426. The van der Waals surface area contributed by atoms with Gasteiger partial charge in [0, 0.05) is 12.1 Å². The molecule has 0 radical (unpaired) electrons. The number of hydrogen-bond donors (Lipinski definition) is 3. The summed E-state index contributed by atoms with van der Waals surface area (Å²) in [7, 11) is 0. The van der Waals surface area contributed by atoms with Crippen molar-refractivity contribution >= 4 is 52.1 Å². The monoisotopic (exact) mass is 378 g/mol. The number of nitrogens with two attached hydrogens (primary N) is 1. The van der Waals surface area contributed by atoms with Crippen LogP contribution in [0.25, 0.3) is 0 Å². The second kappa shape index (κ2) is 7.69. The van der Waals surface area contributed by atoms with Crippen LogP contribution in [-0.4, -0.2) is 21.9 Å². The summed E-state index contributed by atoms with van der Waals surface area (Å²) < 4.78 is 0. The normalized spacial score (nSPS) is 9.96. The number of primary amides is 1. The van der Waals surface area contributed by atoms with Crippen LogP contribution in [0.15, 0.2) is 42.5 Å². The Labute approximate surface area is 152 Å². The third kappa shape index (κ3) is 4.49. The second-order valence-corrected chi connectivity index (χ2v) is 5.55. The van der Waals surface area contributed by atoms with Gasteiger partial charge in [-0.25, -0.2) is 0 Å². The van der Waals surface area contributed by atoms with Crippen molar-refractivity contribution in [3.63, 3.8) is 0 Å². The average molecular weight is 379 g/mol. The molecule has 0 bridgehead atoms. The van der Waals surface area contributed by atoms with Crippen LogP contribution in [0, 0.1) is 10.1 Å². The Morgan fingerprint density at radius 2 is 1.84 bits per heavy atom. The van der Waals surface area contributed by atoms with Gasteiger partial charge >= 0.3 is 0 Å². The number of carbonyl (C=O) groups excluding carboxylic acids is 2. The summed E-state index contributed by atoms with van der Waals surface area (Å²) in [5.41, 5.74) is 5.36. The van der Waals surface area contributed by atoms with Crippen molar-refractivity contribution in [2.24, 2.45) is 5.73 Å². The summed E-state index contributed by atoms with van der Waals surface area (Å²) in [4.78, 5) is 33.7. The largest absolute Gasteiger partial charge is 0.366 e. The zero-order valence-electron chi connectivity index (χ0n) is 12.5. The van der Waals surface area contributed by atoms with Crippen molar-refractivity contribution < 1.29 is 14.5 Å². The number of non-ortho nitro benzene ring substituents is 1. The fourth-order valence-corrected chi connectivity index (χ4v) is 2.34. The number of nitrogens with zero attached hydrogens (tertiary/aromatic N) is 1. The molecule has 0 fully saturated rings. The number of thiocarbonyl (C=S) groups is 1. The average Bonchev–Trinajstić information content (AvgIpc) is 2.55. The van der Waals surface area contributed by atoms with Crippen molar-refractivity contribution in [3.05, 3.63) is 68.7 Å². The molecule has 0 atom stereocenters. The molecule has 0 aliphatic heterocycles. The first-order valence-electron chi connectivity index (χ1n) is 6.74. The van der Waals surface area contributed by atoms with Crippen molar-refractivity contribution in [1.29, 1.82) is 0 Å². The van der Waals surface area contributed by atoms with E-state index in [1.807, 2.05) is 0 Å². The zero-order chi connectivity index (χ0) is 18.6. The Morgan fingerprint density at radius 3 is 2.48 bits per heavy atom. The zero-order valence-corrected chi connectivity index (χ0v) is 14.1. The Balaban J connectivity index is 2.16. The van der Waals surface area contributed by atoms with E-state index in [0.29, 0.717) is 5.69 Å². The molecule has 0 spiro atoms. The van der Waals surface area contributed by atoms with E-state index in [1.165, 1.54) is 18.2 Å². The van der Waals surface area contributed by atoms with Gasteiger partial charge in [-0.3, -0.25) is 25.0 Å². The van der Waals surface area contributed by atoms with Crippen LogP contribution in [-0.2, 0) is 0 Å². The topological polar surface area (TPSA) is 127 Å². The second-order valence-electron chi connectivity index (χ2n) is 4.74. The molecule has 0 saturated carbocycles. The fraction of sp³-hybridized carbons (Fsp3) is 0. The molecule has 2 aromatic rings. The van der Waals surface area contributed by atoms with E-state index in [-0.39, 0.29) is 26.9 Å². The van der Waals surface area contributed by atoms with Crippen LogP contribution in [0.3, 0.4) is 0 Å². The lowest BCUT2D eigenvalue weighted by atomic mass is 10.1. The number of rotatable bonds is 4. The number of benzene rings is 2. The lowest BCUT2D eigenvalue weighted by molar-refractivity contribution is -0.384. The van der Waals surface area contributed by atoms with Crippen molar-refractivity contribution in [1.82, 2.24) is 5.32 Å². The van der Waals surface area contributed by atoms with E-state index in [1.54, 1.807) is 18.2 Å². The Kier molecular flexibility index (Phi) is 5.63. The molecule has 8 nitrogen and oxygen atoms in total. The molecule has 0 unspecified atom stereocenters. The van der Waals surface area contributed by atoms with E-state index in [2.05, 4.69) is 10.6 Å². The Morgan fingerprint density at radius 1 is 1.16 bits per heavy atom. The maximum Gasteiger partial charge on any atom is 0.270 e. The SMILES string of the molecule is NC(=O)c1ccccc1NC(=S)NC(=O)c1cc([N+](=O)[O-])ccc1Cl. The molecule has 0 aliphatic carbocycles. The van der Waals surface area contributed by atoms with Gasteiger partial charge in [-0.05, 0) is 30.4 Å². The van der Waals surface area contributed by atoms with E-state index < -0.39 is 16.7 Å². The smallest absolute Gasteiger partial charge is 0.270 e. The summed E-state index contributed by atoms with van der Waals surface area (Å²) in [5, 5.41) is 15.7. The number of nitro benzene ring substituents is 1. The van der Waals surface area contributed by atoms with Gasteiger partial charge in [0.2, 0.25) is 0 Å². The van der Waals surface area contributed by atoms with Crippen molar-refractivity contribution in [2.45, 2.75) is 0 Å². The highest BCUT2D eigenvalue weighted by atomic mass is 35.5. The summed E-state index contributed by atoms with van der Waals surface area (Å²) in [6.45, 7) is 0. The maximum atomic E-state index is 12.2. The minimum Gasteiger partial charge on any atom is -0.366 e. The summed E-state index contributed by atoms with van der Waals surface area (Å²) in [6.07, 6.45) is 0. The Hall–Kier alpha value is -3.04. The molecule has 128 valence electrons. The molecule has 0 saturated heterocycles. The number of para-hydroxylation sites is 1. The van der Waals surface area contributed by atoms with Crippen LogP contribution < -0.4 is 16.4 Å². The van der Waals surface area contributed by atoms with Crippen LogP contribution in [0.5, 0.6) is 0 Å². The van der Waals surface area contributed by atoms with Gasteiger partial charge in [0.1, 0.15) is 0 Å². The van der Waals surface area contributed by atoms with Gasteiger partial charge in [0.05, 0.1) is 26.8 Å². The molecule has 25 heavy (non-hydrogen) atoms. The maximum absolute atomic E-state index is 12.2. The van der Waals surface area contributed by atoms with Crippen molar-refractivity contribution in [2.75, 3.05) is 5.32 Å². The lowest BCUT2D eigenvalue weighted by Gasteiger charge is -2.12. The molecular formula is C15H11ClN4O4S. The highest BCUT2D eigenvalue weighted by Crippen LogP contribution is 2.22. The molecule has 4 N–H and O–H groups in total. The minimum absolute atomic E-state index is 0.0310. The first kappa shape index (κ1) is 18.3. The molecule has 10 heteroatoms. The first-order valence-corrected chi connectivity index (χ1v) is 7.53. The van der Waals surface area contributed by atoms with Gasteiger partial charge in [-0.2, -0.15) is 0 Å². The number of halogens is 1. The van der Waals surface area contributed by atoms with Crippen LogP contribution >= 0.6 is 23.8 Å². The van der Waals surface area contributed by atoms with E-state index in [0.717, 1.165) is 6.07 Å². The van der Waals surface area contributed by atoms with Gasteiger partial charge in [0.25, 0.3) is 17.5 Å². The standard InChI is InChI=1S/C15H11ClN4O4S/c16-11-6-5-8(20(23)24)7-10(11)14(22)19-15(25)18-12-4-2-1-3-9(12)13(17)21/h1-7H,(H2,17,21)(H2,18,19,22,25). The molecular weight excluding hydrogens is 368 g/mol. The summed E-state index contributed by atoms with van der Waals surface area (Å²) >= 11 is 10.9. The predicted octanol–water partition coefficient (Wildman–Crippen LogP) is 2.47.